The number of nitrogens with zero attached hydrogens (tertiary/aromatic N) is 3. The van der Waals surface area contributed by atoms with Crippen molar-refractivity contribution < 1.29 is 4.52 Å². The molecule has 58 valence electrons. The summed E-state index contributed by atoms with van der Waals surface area (Å²) in [5.74, 6) is 0.386. The Balaban J connectivity index is 2.44. The van der Waals surface area contributed by atoms with E-state index in [4.69, 9.17) is 9.78 Å². The Labute approximate surface area is 67.6 Å². The van der Waals surface area contributed by atoms with E-state index in [1.54, 1.807) is 12.3 Å². The first-order valence-electron chi connectivity index (χ1n) is 3.26. The number of aromatic nitrogens is 3. The molecule has 2 heterocycles. The van der Waals surface area contributed by atoms with E-state index in [0.717, 1.165) is 0 Å². The van der Waals surface area contributed by atoms with Crippen molar-refractivity contribution in [1.82, 2.24) is 15.1 Å². The van der Waals surface area contributed by atoms with E-state index in [1.807, 2.05) is 6.07 Å². The van der Waals surface area contributed by atoms with Crippen LogP contribution in [0.2, 0.25) is 0 Å². The number of nitrogens with one attached hydrogen (secondary N) is 1. The van der Waals surface area contributed by atoms with Crippen LogP contribution in [0.5, 0.6) is 0 Å². The third-order valence-electron chi connectivity index (χ3n) is 1.40. The summed E-state index contributed by atoms with van der Waals surface area (Å²) < 4.78 is 4.78. The van der Waals surface area contributed by atoms with Gasteiger partial charge in [0.05, 0.1) is 5.56 Å². The number of hydrogen-bond acceptors (Lipinski definition) is 4. The minimum atomic E-state index is 0.386. The highest BCUT2D eigenvalue weighted by Gasteiger charge is 2.05. The summed E-state index contributed by atoms with van der Waals surface area (Å²) in [6, 6.07) is 3.63. The Morgan fingerprint density at radius 1 is 1.58 bits per heavy atom. The second-order valence-corrected chi connectivity index (χ2v) is 2.16. The third kappa shape index (κ3) is 0.953. The molecule has 0 radical (unpaired) electrons. The van der Waals surface area contributed by atoms with E-state index in [0.29, 0.717) is 17.1 Å². The third-order valence-corrected chi connectivity index (χ3v) is 1.40. The molecule has 1 N–H and O–H groups in total. The monoisotopic (exact) mass is 160 g/mol. The van der Waals surface area contributed by atoms with E-state index in [9.17, 15) is 0 Å². The summed E-state index contributed by atoms with van der Waals surface area (Å²) in [6.07, 6.45) is 2.89. The normalized spacial score (nSPS) is 9.58. The minimum Gasteiger partial charge on any atom is -0.356 e. The molecular formula is C7H4N4O. The van der Waals surface area contributed by atoms with E-state index in [-0.39, 0.29) is 0 Å². The average Bonchev–Trinajstić information content (AvgIpc) is 2.75. The van der Waals surface area contributed by atoms with E-state index >= 15 is 0 Å². The highest BCUT2D eigenvalue weighted by molar-refractivity contribution is 5.50. The summed E-state index contributed by atoms with van der Waals surface area (Å²) in [5.41, 5.74) is 1.20. The maximum Gasteiger partial charge on any atom is 0.274 e. The predicted octanol–water partition coefficient (Wildman–Crippen LogP) is 0.936. The Hall–Kier alpha value is -2.09. The first kappa shape index (κ1) is 6.61. The van der Waals surface area contributed by atoms with Crippen LogP contribution in [0.25, 0.3) is 11.6 Å². The fraction of sp³-hybridized carbons (Fsp3) is 0. The van der Waals surface area contributed by atoms with Crippen molar-refractivity contribution in [1.29, 1.82) is 5.26 Å². The van der Waals surface area contributed by atoms with Gasteiger partial charge in [0, 0.05) is 6.20 Å². The summed E-state index contributed by atoms with van der Waals surface area (Å²) in [5, 5.41) is 12.0. The summed E-state index contributed by atoms with van der Waals surface area (Å²) in [6.45, 7) is 0. The summed E-state index contributed by atoms with van der Waals surface area (Å²) in [4.78, 5) is 6.66. The quantitative estimate of drug-likeness (QED) is 0.673. The van der Waals surface area contributed by atoms with Crippen LogP contribution in [0.15, 0.2) is 23.1 Å². The second-order valence-electron chi connectivity index (χ2n) is 2.16. The molecule has 0 unspecified atom stereocenters. The highest BCUT2D eigenvalue weighted by Crippen LogP contribution is 2.14. The van der Waals surface area contributed by atoms with Gasteiger partial charge < -0.3 is 9.51 Å². The predicted molar refractivity (Wildman–Crippen MR) is 38.8 cm³/mol. The number of H-pyrrole nitrogens is 1. The maximum atomic E-state index is 8.51. The van der Waals surface area contributed by atoms with Gasteiger partial charge in [-0.3, -0.25) is 0 Å². The van der Waals surface area contributed by atoms with E-state index in [2.05, 4.69) is 15.1 Å². The van der Waals surface area contributed by atoms with Gasteiger partial charge in [-0.2, -0.15) is 10.2 Å². The smallest absolute Gasteiger partial charge is 0.274 e. The van der Waals surface area contributed by atoms with Gasteiger partial charge in [-0.1, -0.05) is 5.16 Å². The molecule has 0 aliphatic carbocycles. The molecule has 2 rings (SSSR count). The largest absolute Gasteiger partial charge is 0.356 e. The summed E-state index contributed by atoms with van der Waals surface area (Å²) in [7, 11) is 0. The fourth-order valence-electron chi connectivity index (χ4n) is 0.874. The lowest BCUT2D eigenvalue weighted by atomic mass is 10.3. The van der Waals surface area contributed by atoms with Crippen molar-refractivity contribution in [3.63, 3.8) is 0 Å². The molecule has 5 heteroatoms. The molecule has 0 aliphatic heterocycles. The molecule has 2 aromatic heterocycles. The first-order chi connectivity index (χ1) is 5.90. The van der Waals surface area contributed by atoms with Gasteiger partial charge in [-0.15, -0.1) is 0 Å². The zero-order chi connectivity index (χ0) is 8.39. The maximum absolute atomic E-state index is 8.51. The Bertz CT molecular complexity index is 409. The minimum absolute atomic E-state index is 0.386. The van der Waals surface area contributed by atoms with E-state index in [1.165, 1.54) is 6.33 Å². The second kappa shape index (κ2) is 2.51. The molecule has 2 aromatic rings. The summed E-state index contributed by atoms with van der Waals surface area (Å²) >= 11 is 0. The van der Waals surface area contributed by atoms with Crippen LogP contribution in [0.3, 0.4) is 0 Å². The fourth-order valence-corrected chi connectivity index (χ4v) is 0.874. The highest BCUT2D eigenvalue weighted by atomic mass is 16.5. The van der Waals surface area contributed by atoms with Crippen LogP contribution in [0, 0.1) is 11.3 Å². The SMILES string of the molecule is N#Cc1c[nH]c(-c2ncno2)c1. The van der Waals surface area contributed by atoms with Crippen LogP contribution in [0.4, 0.5) is 0 Å². The molecule has 0 bridgehead atoms. The van der Waals surface area contributed by atoms with Gasteiger partial charge in [0.1, 0.15) is 11.8 Å². The first-order valence-corrected chi connectivity index (χ1v) is 3.26. The van der Waals surface area contributed by atoms with Gasteiger partial charge in [-0.05, 0) is 6.07 Å². The van der Waals surface area contributed by atoms with Crippen molar-refractivity contribution in [2.24, 2.45) is 0 Å². The Kier molecular flexibility index (Phi) is 1.38. The molecule has 0 fully saturated rings. The van der Waals surface area contributed by atoms with Gasteiger partial charge in [0.2, 0.25) is 0 Å². The number of nitriles is 1. The Morgan fingerprint density at radius 3 is 3.08 bits per heavy atom. The van der Waals surface area contributed by atoms with Crippen molar-refractivity contribution >= 4 is 0 Å². The molecule has 0 aromatic carbocycles. The zero-order valence-electron chi connectivity index (χ0n) is 5.98. The molecule has 5 nitrogen and oxygen atoms in total. The number of aromatic amines is 1. The van der Waals surface area contributed by atoms with Crippen LogP contribution >= 0.6 is 0 Å². The number of hydrogen-bond donors (Lipinski definition) is 1. The molecule has 0 saturated heterocycles. The van der Waals surface area contributed by atoms with Crippen LogP contribution in [0.1, 0.15) is 5.56 Å². The van der Waals surface area contributed by atoms with Crippen molar-refractivity contribution in [3.8, 4) is 17.7 Å². The van der Waals surface area contributed by atoms with Crippen molar-refractivity contribution in [2.75, 3.05) is 0 Å². The van der Waals surface area contributed by atoms with Crippen molar-refractivity contribution in [2.45, 2.75) is 0 Å². The lowest BCUT2D eigenvalue weighted by Gasteiger charge is -1.82. The zero-order valence-corrected chi connectivity index (χ0v) is 5.98. The molecule has 0 atom stereocenters. The molecule has 12 heavy (non-hydrogen) atoms. The van der Waals surface area contributed by atoms with E-state index < -0.39 is 0 Å². The van der Waals surface area contributed by atoms with Crippen LogP contribution < -0.4 is 0 Å². The molecule has 0 saturated carbocycles. The van der Waals surface area contributed by atoms with Gasteiger partial charge >= 0.3 is 0 Å². The van der Waals surface area contributed by atoms with Gasteiger partial charge in [-0.25, -0.2) is 0 Å². The lowest BCUT2D eigenvalue weighted by molar-refractivity contribution is 0.429. The van der Waals surface area contributed by atoms with Crippen molar-refractivity contribution in [3.05, 3.63) is 24.2 Å². The molecule has 0 spiro atoms. The average molecular weight is 160 g/mol. The molecule has 0 aliphatic rings. The van der Waals surface area contributed by atoms with Gasteiger partial charge in [0.15, 0.2) is 6.33 Å². The topological polar surface area (TPSA) is 78.5 Å². The molecule has 0 amide bonds. The molecular weight excluding hydrogens is 156 g/mol. The Morgan fingerprint density at radius 2 is 2.50 bits per heavy atom. The lowest BCUT2D eigenvalue weighted by Crippen LogP contribution is -1.73. The van der Waals surface area contributed by atoms with Gasteiger partial charge in [0.25, 0.3) is 5.89 Å². The van der Waals surface area contributed by atoms with Crippen LogP contribution in [-0.4, -0.2) is 15.1 Å². The standard InChI is InChI=1S/C7H4N4O/c8-2-5-1-6(9-3-5)7-10-4-11-12-7/h1,3-4,9H. The number of rotatable bonds is 1. The van der Waals surface area contributed by atoms with Crippen LogP contribution in [-0.2, 0) is 0 Å².